The van der Waals surface area contributed by atoms with E-state index in [-0.39, 0.29) is 11.9 Å². The molecule has 1 aliphatic heterocycles. The van der Waals surface area contributed by atoms with Gasteiger partial charge >= 0.3 is 0 Å². The van der Waals surface area contributed by atoms with Crippen molar-refractivity contribution >= 4 is 65.5 Å². The van der Waals surface area contributed by atoms with Crippen molar-refractivity contribution in [1.29, 1.82) is 0 Å². The predicted molar refractivity (Wildman–Crippen MR) is 141 cm³/mol. The van der Waals surface area contributed by atoms with Crippen molar-refractivity contribution < 1.29 is 4.79 Å². The zero-order chi connectivity index (χ0) is 23.8. The van der Waals surface area contributed by atoms with Gasteiger partial charge in [0.15, 0.2) is 5.65 Å². The van der Waals surface area contributed by atoms with Gasteiger partial charge in [0, 0.05) is 42.0 Å². The Morgan fingerprint density at radius 2 is 1.68 bits per heavy atom. The lowest BCUT2D eigenvalue weighted by atomic mass is 10.0. The molecular formula is C24H21BCl3N5O. The van der Waals surface area contributed by atoms with Crippen LogP contribution in [0.4, 0.5) is 5.82 Å². The molecule has 0 aliphatic carbocycles. The number of nitrogens with one attached hydrogen (secondary N) is 1. The number of anilines is 1. The standard InChI is InChI=1S/C24H21BCl3N5O/c25-16-13-29-33-21(12-20(31-23(16)33)15-4-1-2-5-17(15)26)30-14-8-10-32(11-9-14)24(34)22-18(27)6-3-7-19(22)28/h1-7,12-14,30H,8-11,25H2. The lowest BCUT2D eigenvalue weighted by molar-refractivity contribution is 0.0719. The molecule has 1 fully saturated rings. The summed E-state index contributed by atoms with van der Waals surface area (Å²) in [7, 11) is 1.99. The van der Waals surface area contributed by atoms with Crippen LogP contribution < -0.4 is 10.8 Å². The minimum Gasteiger partial charge on any atom is -0.367 e. The third-order valence-corrected chi connectivity index (χ3v) is 7.07. The van der Waals surface area contributed by atoms with Crippen LogP contribution in [0.2, 0.25) is 15.1 Å². The molecule has 34 heavy (non-hydrogen) atoms. The van der Waals surface area contributed by atoms with Crippen molar-refractivity contribution in [1.82, 2.24) is 19.5 Å². The molecule has 2 aromatic heterocycles. The molecule has 10 heteroatoms. The molecule has 6 nitrogen and oxygen atoms in total. The second-order valence-electron chi connectivity index (χ2n) is 8.38. The lowest BCUT2D eigenvalue weighted by Gasteiger charge is -2.33. The van der Waals surface area contributed by atoms with Crippen LogP contribution in [0.1, 0.15) is 23.2 Å². The van der Waals surface area contributed by atoms with E-state index in [1.54, 1.807) is 29.3 Å². The number of rotatable bonds is 4. The molecule has 0 unspecified atom stereocenters. The van der Waals surface area contributed by atoms with Crippen molar-refractivity contribution in [2.75, 3.05) is 18.4 Å². The van der Waals surface area contributed by atoms with E-state index in [0.29, 0.717) is 33.7 Å². The van der Waals surface area contributed by atoms with Gasteiger partial charge in [0.25, 0.3) is 5.91 Å². The summed E-state index contributed by atoms with van der Waals surface area (Å²) in [6, 6.07) is 14.9. The molecule has 0 spiro atoms. The number of carbonyl (C=O) groups is 1. The average molecular weight is 513 g/mol. The van der Waals surface area contributed by atoms with Crippen molar-refractivity contribution in [3.05, 3.63) is 75.4 Å². The van der Waals surface area contributed by atoms with Gasteiger partial charge in [0.1, 0.15) is 13.7 Å². The van der Waals surface area contributed by atoms with Crippen LogP contribution in [0, 0.1) is 0 Å². The monoisotopic (exact) mass is 511 g/mol. The zero-order valence-corrected chi connectivity index (χ0v) is 20.7. The molecule has 0 radical (unpaired) electrons. The van der Waals surface area contributed by atoms with Gasteiger partial charge in [-0.15, -0.1) is 0 Å². The summed E-state index contributed by atoms with van der Waals surface area (Å²) in [4.78, 5) is 19.6. The summed E-state index contributed by atoms with van der Waals surface area (Å²) in [6.07, 6.45) is 3.36. The first-order chi connectivity index (χ1) is 16.4. The van der Waals surface area contributed by atoms with Crippen LogP contribution in [0.3, 0.4) is 0 Å². The van der Waals surface area contributed by atoms with E-state index in [2.05, 4.69) is 10.4 Å². The zero-order valence-electron chi connectivity index (χ0n) is 18.4. The molecule has 1 saturated heterocycles. The third kappa shape index (κ3) is 4.36. The highest BCUT2D eigenvalue weighted by molar-refractivity contribution is 6.39. The van der Waals surface area contributed by atoms with E-state index in [4.69, 9.17) is 39.8 Å². The van der Waals surface area contributed by atoms with Gasteiger partial charge in [-0.05, 0) is 36.5 Å². The largest absolute Gasteiger partial charge is 0.367 e. The number of carbonyl (C=O) groups excluding carboxylic acids is 1. The number of nitrogens with zero attached hydrogens (tertiary/aromatic N) is 4. The van der Waals surface area contributed by atoms with Crippen LogP contribution >= 0.6 is 34.8 Å². The number of amides is 1. The van der Waals surface area contributed by atoms with Crippen LogP contribution in [0.15, 0.2) is 54.7 Å². The minimum absolute atomic E-state index is 0.135. The molecule has 1 aliphatic rings. The fourth-order valence-corrected chi connectivity index (χ4v) is 5.07. The molecule has 0 atom stereocenters. The number of piperidine rings is 1. The second kappa shape index (κ2) is 9.49. The van der Waals surface area contributed by atoms with Gasteiger partial charge in [-0.1, -0.05) is 59.1 Å². The van der Waals surface area contributed by atoms with Gasteiger partial charge in [0.05, 0.1) is 21.3 Å². The van der Waals surface area contributed by atoms with Gasteiger partial charge in [0.2, 0.25) is 0 Å². The Morgan fingerprint density at radius 3 is 2.38 bits per heavy atom. The summed E-state index contributed by atoms with van der Waals surface area (Å²) >= 11 is 18.9. The third-order valence-electron chi connectivity index (χ3n) is 6.11. The van der Waals surface area contributed by atoms with E-state index >= 15 is 0 Å². The minimum atomic E-state index is -0.135. The van der Waals surface area contributed by atoms with Gasteiger partial charge in [-0.25, -0.2) is 4.98 Å². The Morgan fingerprint density at radius 1 is 1.00 bits per heavy atom. The number of benzene rings is 2. The number of likely N-dealkylation sites (tertiary alicyclic amines) is 1. The molecule has 1 amide bonds. The summed E-state index contributed by atoms with van der Waals surface area (Å²) < 4.78 is 1.82. The van der Waals surface area contributed by atoms with E-state index in [0.717, 1.165) is 41.0 Å². The molecule has 0 saturated carbocycles. The molecule has 5 rings (SSSR count). The first kappa shape index (κ1) is 23.0. The SMILES string of the molecule is Bc1cnn2c(NC3CCN(C(=O)c4c(Cl)cccc4Cl)CC3)cc(-c3ccccc3Cl)nc12. The van der Waals surface area contributed by atoms with Crippen LogP contribution in [-0.2, 0) is 0 Å². The first-order valence-corrected chi connectivity index (χ1v) is 12.2. The van der Waals surface area contributed by atoms with Gasteiger partial charge < -0.3 is 10.2 Å². The van der Waals surface area contributed by atoms with Crippen LogP contribution in [-0.4, -0.2) is 52.4 Å². The number of fused-ring (bicyclic) bond motifs is 1. The Bertz CT molecular complexity index is 1360. The molecule has 2 aromatic carbocycles. The maximum Gasteiger partial charge on any atom is 0.256 e. The van der Waals surface area contributed by atoms with Gasteiger partial charge in [-0.3, -0.25) is 4.79 Å². The van der Waals surface area contributed by atoms with Crippen molar-refractivity contribution in [2.24, 2.45) is 0 Å². The molecular weight excluding hydrogens is 491 g/mol. The first-order valence-electron chi connectivity index (χ1n) is 11.0. The smallest absolute Gasteiger partial charge is 0.256 e. The Labute approximate surface area is 213 Å². The highest BCUT2D eigenvalue weighted by Crippen LogP contribution is 2.30. The van der Waals surface area contributed by atoms with Crippen molar-refractivity contribution in [3.63, 3.8) is 0 Å². The fraction of sp³-hybridized carbons (Fsp3) is 0.208. The Hall–Kier alpha value is -2.74. The highest BCUT2D eigenvalue weighted by atomic mass is 35.5. The number of halogens is 3. The normalized spacial score (nSPS) is 14.5. The molecule has 3 heterocycles. The number of hydrogen-bond acceptors (Lipinski definition) is 4. The molecule has 172 valence electrons. The lowest BCUT2D eigenvalue weighted by Crippen LogP contribution is -2.42. The molecule has 1 N–H and O–H groups in total. The summed E-state index contributed by atoms with van der Waals surface area (Å²) in [5, 5.41) is 9.52. The van der Waals surface area contributed by atoms with Crippen LogP contribution in [0.5, 0.6) is 0 Å². The number of aromatic nitrogens is 3. The van der Waals surface area contributed by atoms with Crippen molar-refractivity contribution in [2.45, 2.75) is 18.9 Å². The highest BCUT2D eigenvalue weighted by Gasteiger charge is 2.27. The maximum atomic E-state index is 13.0. The van der Waals surface area contributed by atoms with E-state index in [1.165, 1.54) is 0 Å². The quantitative estimate of drug-likeness (QED) is 0.414. The maximum absolute atomic E-state index is 13.0. The predicted octanol–water partition coefficient (Wildman–Crippen LogP) is 4.33. The Balaban J connectivity index is 1.37. The Kier molecular flexibility index (Phi) is 6.43. The summed E-state index contributed by atoms with van der Waals surface area (Å²) in [5.41, 5.74) is 3.77. The second-order valence-corrected chi connectivity index (χ2v) is 9.60. The fourth-order valence-electron chi connectivity index (χ4n) is 4.28. The van der Waals surface area contributed by atoms with Gasteiger partial charge in [-0.2, -0.15) is 9.61 Å². The summed E-state index contributed by atoms with van der Waals surface area (Å²) in [5.74, 6) is 0.705. The summed E-state index contributed by atoms with van der Waals surface area (Å²) in [6.45, 7) is 1.20. The van der Waals surface area contributed by atoms with E-state index in [1.807, 2.05) is 42.7 Å². The molecule has 4 aromatic rings. The average Bonchev–Trinajstić information content (AvgIpc) is 3.20. The number of hydrogen-bond donors (Lipinski definition) is 1. The van der Waals surface area contributed by atoms with E-state index < -0.39 is 0 Å². The topological polar surface area (TPSA) is 62.5 Å². The van der Waals surface area contributed by atoms with Crippen LogP contribution in [0.25, 0.3) is 16.9 Å². The molecule has 0 bridgehead atoms. The van der Waals surface area contributed by atoms with Crippen molar-refractivity contribution in [3.8, 4) is 11.3 Å². The van der Waals surface area contributed by atoms with E-state index in [9.17, 15) is 4.79 Å².